The van der Waals surface area contributed by atoms with Gasteiger partial charge in [-0.25, -0.2) is 9.98 Å². The Morgan fingerprint density at radius 2 is 0.679 bits per heavy atom. The van der Waals surface area contributed by atoms with Gasteiger partial charge in [-0.2, -0.15) is 0 Å². The molecule has 5 aromatic carbocycles. The molecule has 0 amide bonds. The van der Waals surface area contributed by atoms with Gasteiger partial charge in [-0.3, -0.25) is 0 Å². The summed E-state index contributed by atoms with van der Waals surface area (Å²) in [6, 6.07) is 21.3. The minimum atomic E-state index is 0.269. The summed E-state index contributed by atoms with van der Waals surface area (Å²) in [5, 5.41) is 5.41. The number of ether oxygens (including phenoxy) is 4. The van der Waals surface area contributed by atoms with E-state index in [2.05, 4.69) is 83.6 Å². The highest BCUT2D eigenvalue weighted by Gasteiger charge is 2.33. The second kappa shape index (κ2) is 29.5. The van der Waals surface area contributed by atoms with Crippen LogP contribution in [0.1, 0.15) is 219 Å². The molecular weight excluding hydrogens is 1010 g/mol. The molecule has 0 saturated carbocycles. The molecule has 0 spiro atoms. The topological polar surface area (TPSA) is 71.5 Å². The Balaban J connectivity index is 0.877. The fraction of sp³-hybridized carbons (Fsp3) is 0.559. The Bertz CT molecular complexity index is 3000. The van der Waals surface area contributed by atoms with Crippen LogP contribution in [-0.2, 0) is 13.1 Å². The molecule has 0 saturated heterocycles. The van der Waals surface area contributed by atoms with Crippen molar-refractivity contribution in [1.29, 1.82) is 0 Å². The molecule has 0 fully saturated rings. The molecule has 0 radical (unpaired) electrons. The van der Waals surface area contributed by atoms with Crippen LogP contribution in [0.25, 0.3) is 43.6 Å². The first kappa shape index (κ1) is 57.8. The molecule has 420 valence electrons. The van der Waals surface area contributed by atoms with Gasteiger partial charge in [0, 0.05) is 47.0 Å². The van der Waals surface area contributed by atoms with Crippen LogP contribution in [0.2, 0.25) is 10.0 Å². The van der Waals surface area contributed by atoms with Crippen LogP contribution in [0, 0.1) is 0 Å². The van der Waals surface area contributed by atoms with Gasteiger partial charge in [0.25, 0.3) is 0 Å². The number of aromatic nitrogens is 2. The van der Waals surface area contributed by atoms with Crippen LogP contribution >= 0.6 is 23.2 Å². The smallest absolute Gasteiger partial charge is 0.175 e. The van der Waals surface area contributed by atoms with Crippen molar-refractivity contribution in [2.24, 2.45) is 9.98 Å². The number of fused-ring (bicyclic) bond motifs is 12. The number of rotatable bonds is 36. The van der Waals surface area contributed by atoms with Gasteiger partial charge in [0.05, 0.1) is 36.0 Å². The number of aryl methyl sites for hydroxylation is 2. The molecule has 0 atom stereocenters. The summed E-state index contributed by atoms with van der Waals surface area (Å²) in [5.74, 6) is 3.05. The average molecular weight is 1100 g/mol. The third-order valence-corrected chi connectivity index (χ3v) is 17.6. The molecule has 0 bridgehead atoms. The molecule has 4 heterocycles. The molecule has 2 aromatic heterocycles. The van der Waals surface area contributed by atoms with Gasteiger partial charge >= 0.3 is 0 Å². The quantitative estimate of drug-likeness (QED) is 0.0367. The third kappa shape index (κ3) is 13.5. The third-order valence-electron chi connectivity index (χ3n) is 16.9. The van der Waals surface area contributed by atoms with Gasteiger partial charge in [-0.05, 0) is 25.0 Å². The van der Waals surface area contributed by atoms with Crippen molar-refractivity contribution < 1.29 is 18.9 Å². The van der Waals surface area contributed by atoms with E-state index in [4.69, 9.17) is 52.1 Å². The normalized spacial score (nSPS) is 12.6. The molecule has 7 aromatic rings. The number of methoxy groups -OCH3 is 2. The van der Waals surface area contributed by atoms with Gasteiger partial charge in [-0.15, -0.1) is 0 Å². The van der Waals surface area contributed by atoms with E-state index in [0.29, 0.717) is 56.6 Å². The van der Waals surface area contributed by atoms with Crippen LogP contribution in [0.4, 0.5) is 11.4 Å². The van der Waals surface area contributed by atoms with Crippen molar-refractivity contribution in [3.05, 3.63) is 81.4 Å². The van der Waals surface area contributed by atoms with Gasteiger partial charge in [-0.1, -0.05) is 266 Å². The zero-order valence-corrected chi connectivity index (χ0v) is 49.5. The minimum Gasteiger partial charge on any atom is -0.494 e. The Hall–Kier alpha value is -4.92. The molecule has 10 heteroatoms. The number of nitrogens with zero attached hydrogens (tertiary/aromatic N) is 4. The number of hydrogen-bond acceptors (Lipinski definition) is 6. The van der Waals surface area contributed by atoms with E-state index in [9.17, 15) is 0 Å². The standard InChI is InChI=1S/C68H90Cl2N4O4/c1-5-7-9-11-13-15-17-19-21-23-25-27-29-31-33-39-45-73-51-43-37-35-41-49(51)57-53(73)47-55(75-3)61-65(57)77-67-59(69)64-68(60(70)63(67)71-61)78-66-58-50-42-36-38-44-52(50)74(54(58)48-56(76-4)62(66)72-64)46-40-34-32-30-28-26-24-22-20-18-16-14-12-10-8-6-2/h35-38,41-44,47-48H,5-34,39-40,45-46H2,1-4H3. The maximum atomic E-state index is 7.45. The van der Waals surface area contributed by atoms with Crippen molar-refractivity contribution >= 4 is 78.2 Å². The van der Waals surface area contributed by atoms with Crippen LogP contribution in [-0.4, -0.2) is 23.4 Å². The second-order valence-corrected chi connectivity index (χ2v) is 23.4. The fourth-order valence-electron chi connectivity index (χ4n) is 12.5. The largest absolute Gasteiger partial charge is 0.494 e. The van der Waals surface area contributed by atoms with E-state index in [-0.39, 0.29) is 10.0 Å². The molecule has 0 N–H and O–H groups in total. The summed E-state index contributed by atoms with van der Waals surface area (Å²) in [7, 11) is 3.37. The summed E-state index contributed by atoms with van der Waals surface area (Å²) in [6.07, 6.45) is 43.1. The van der Waals surface area contributed by atoms with Crippen molar-refractivity contribution in [3.63, 3.8) is 0 Å². The predicted molar refractivity (Wildman–Crippen MR) is 329 cm³/mol. The first-order valence-electron chi connectivity index (χ1n) is 31.1. The Morgan fingerprint density at radius 1 is 0.385 bits per heavy atom. The number of hydrogen-bond donors (Lipinski definition) is 0. The highest BCUT2D eigenvalue weighted by molar-refractivity contribution is 6.35. The van der Waals surface area contributed by atoms with Crippen molar-refractivity contribution in [3.8, 4) is 34.5 Å². The molecule has 0 unspecified atom stereocenters. The van der Waals surface area contributed by atoms with Gasteiger partial charge in [0.2, 0.25) is 0 Å². The number of unbranched alkanes of at least 4 members (excludes halogenated alkanes) is 30. The molecule has 0 aliphatic carbocycles. The molecular formula is C68H90Cl2N4O4. The molecule has 78 heavy (non-hydrogen) atoms. The molecule has 2 aliphatic rings. The van der Waals surface area contributed by atoms with Crippen LogP contribution in [0.15, 0.2) is 70.6 Å². The van der Waals surface area contributed by atoms with Gasteiger partial charge < -0.3 is 28.1 Å². The molecule has 9 rings (SSSR count). The predicted octanol–water partition coefficient (Wildman–Crippen LogP) is 21.9. The van der Waals surface area contributed by atoms with Gasteiger partial charge in [0.15, 0.2) is 23.0 Å². The van der Waals surface area contributed by atoms with Crippen molar-refractivity contribution in [2.75, 3.05) is 14.2 Å². The maximum absolute atomic E-state index is 7.45. The summed E-state index contributed by atoms with van der Waals surface area (Å²) in [5.41, 5.74) is 5.51. The van der Waals surface area contributed by atoms with E-state index >= 15 is 0 Å². The summed E-state index contributed by atoms with van der Waals surface area (Å²) in [6.45, 7) is 6.37. The zero-order valence-electron chi connectivity index (χ0n) is 48.0. The number of para-hydroxylation sites is 2. The second-order valence-electron chi connectivity index (χ2n) is 22.7. The number of benzene rings is 5. The van der Waals surface area contributed by atoms with Gasteiger partial charge in [0.1, 0.15) is 43.6 Å². The summed E-state index contributed by atoms with van der Waals surface area (Å²) < 4.78 is 31.1. The first-order chi connectivity index (χ1) is 38.5. The minimum absolute atomic E-state index is 0.269. The zero-order chi connectivity index (χ0) is 54.1. The fourth-order valence-corrected chi connectivity index (χ4v) is 13.1. The SMILES string of the molecule is CCCCCCCCCCCCCCCCCCn1c2ccccc2c2c3c(c(OC)cc21)N=c1c(Cl)c2c(c(Cl)c1O3)=Nc1c(OC)cc3c(c1O2)c1ccccc1n3CCCCCCCCCCCCCCCCCC. The molecule has 2 aliphatic heterocycles. The van der Waals surface area contributed by atoms with E-state index in [1.54, 1.807) is 14.2 Å². The highest BCUT2D eigenvalue weighted by atomic mass is 35.5. The average Bonchev–Trinajstić information content (AvgIpc) is 4.16. The lowest BCUT2D eigenvalue weighted by molar-refractivity contribution is 0.406. The Kier molecular flexibility index (Phi) is 21.9. The van der Waals surface area contributed by atoms with E-state index in [0.717, 1.165) is 69.5 Å². The summed E-state index contributed by atoms with van der Waals surface area (Å²) >= 11 is 14.9. The Labute approximate surface area is 476 Å². The van der Waals surface area contributed by atoms with E-state index in [1.165, 1.54) is 193 Å². The Morgan fingerprint density at radius 3 is 0.987 bits per heavy atom. The lowest BCUT2D eigenvalue weighted by Crippen LogP contribution is -2.22. The maximum Gasteiger partial charge on any atom is 0.175 e. The van der Waals surface area contributed by atoms with Crippen molar-refractivity contribution in [2.45, 2.75) is 232 Å². The molecule has 8 nitrogen and oxygen atoms in total. The van der Waals surface area contributed by atoms with Crippen molar-refractivity contribution in [1.82, 2.24) is 9.13 Å². The highest BCUT2D eigenvalue weighted by Crippen LogP contribution is 2.54. The van der Waals surface area contributed by atoms with Crippen LogP contribution < -0.4 is 29.7 Å². The lowest BCUT2D eigenvalue weighted by Gasteiger charge is -2.23. The lowest BCUT2D eigenvalue weighted by atomic mass is 10.0. The van der Waals surface area contributed by atoms with E-state index < -0.39 is 0 Å². The van der Waals surface area contributed by atoms with Crippen LogP contribution in [0.5, 0.6) is 34.5 Å². The monoisotopic (exact) mass is 1100 g/mol. The van der Waals surface area contributed by atoms with E-state index in [1.807, 2.05) is 0 Å². The first-order valence-corrected chi connectivity index (χ1v) is 31.8. The van der Waals surface area contributed by atoms with Crippen LogP contribution in [0.3, 0.4) is 0 Å². The number of halogens is 2. The summed E-state index contributed by atoms with van der Waals surface area (Å²) in [4.78, 5) is 10.5.